The SMILES string of the molecule is CC(=O)NCc1ccc(C(=O)N2CCN(C(=O)[C@@H](O)C(C)C)[C@@H](C)C2)cc1. The van der Waals surface area contributed by atoms with Gasteiger partial charge in [0.25, 0.3) is 11.8 Å². The Bertz CT molecular complexity index is 687. The van der Waals surface area contributed by atoms with Crippen LogP contribution in [0.4, 0.5) is 0 Å². The number of rotatable bonds is 5. The summed E-state index contributed by atoms with van der Waals surface area (Å²) in [5.41, 5.74) is 1.50. The van der Waals surface area contributed by atoms with Crippen molar-refractivity contribution >= 4 is 17.7 Å². The van der Waals surface area contributed by atoms with Crippen molar-refractivity contribution in [3.8, 4) is 0 Å². The van der Waals surface area contributed by atoms with E-state index in [1.165, 1.54) is 6.92 Å². The van der Waals surface area contributed by atoms with E-state index in [-0.39, 0.29) is 29.7 Å². The number of carbonyl (C=O) groups excluding carboxylic acids is 3. The lowest BCUT2D eigenvalue weighted by Gasteiger charge is -2.41. The molecule has 1 saturated heterocycles. The third-order valence-electron chi connectivity index (χ3n) is 4.82. The summed E-state index contributed by atoms with van der Waals surface area (Å²) in [6.45, 7) is 8.68. The number of aliphatic hydroxyl groups is 1. The van der Waals surface area contributed by atoms with Crippen molar-refractivity contribution in [3.63, 3.8) is 0 Å². The number of nitrogens with zero attached hydrogens (tertiary/aromatic N) is 2. The zero-order valence-corrected chi connectivity index (χ0v) is 16.4. The lowest BCUT2D eigenvalue weighted by atomic mass is 10.0. The summed E-state index contributed by atoms with van der Waals surface area (Å²) in [5, 5.41) is 12.7. The van der Waals surface area contributed by atoms with Gasteiger partial charge in [0.05, 0.1) is 0 Å². The van der Waals surface area contributed by atoms with Gasteiger partial charge in [-0.3, -0.25) is 14.4 Å². The Balaban J connectivity index is 1.97. The van der Waals surface area contributed by atoms with Gasteiger partial charge < -0.3 is 20.2 Å². The number of aliphatic hydroxyl groups excluding tert-OH is 1. The summed E-state index contributed by atoms with van der Waals surface area (Å²) >= 11 is 0. The van der Waals surface area contributed by atoms with Gasteiger partial charge >= 0.3 is 0 Å². The number of amides is 3. The van der Waals surface area contributed by atoms with Crippen LogP contribution in [0.2, 0.25) is 0 Å². The molecule has 1 aromatic rings. The molecule has 1 aliphatic rings. The molecular formula is C20H29N3O4. The largest absolute Gasteiger partial charge is 0.383 e. The van der Waals surface area contributed by atoms with Gasteiger partial charge in [-0.15, -0.1) is 0 Å². The number of nitrogens with one attached hydrogen (secondary N) is 1. The Morgan fingerprint density at radius 1 is 1.19 bits per heavy atom. The summed E-state index contributed by atoms with van der Waals surface area (Å²) in [4.78, 5) is 39.5. The zero-order valence-electron chi connectivity index (χ0n) is 16.4. The summed E-state index contributed by atoms with van der Waals surface area (Å²) in [6, 6.07) is 7.01. The topological polar surface area (TPSA) is 90.0 Å². The molecule has 148 valence electrons. The van der Waals surface area contributed by atoms with Crippen molar-refractivity contribution in [2.24, 2.45) is 5.92 Å². The van der Waals surface area contributed by atoms with Gasteiger partial charge in [0.1, 0.15) is 6.10 Å². The zero-order chi connectivity index (χ0) is 20.1. The van der Waals surface area contributed by atoms with Crippen molar-refractivity contribution in [1.29, 1.82) is 0 Å². The normalized spacial score (nSPS) is 18.4. The molecule has 2 atom stereocenters. The third kappa shape index (κ3) is 5.29. The van der Waals surface area contributed by atoms with Gasteiger partial charge in [-0.05, 0) is 30.5 Å². The fraction of sp³-hybridized carbons (Fsp3) is 0.550. The van der Waals surface area contributed by atoms with Crippen LogP contribution in [0, 0.1) is 5.92 Å². The van der Waals surface area contributed by atoms with Crippen molar-refractivity contribution < 1.29 is 19.5 Å². The molecule has 0 spiro atoms. The Hall–Kier alpha value is -2.41. The van der Waals surface area contributed by atoms with Crippen LogP contribution < -0.4 is 5.32 Å². The predicted octanol–water partition coefficient (Wildman–Crippen LogP) is 1.01. The highest BCUT2D eigenvalue weighted by molar-refractivity contribution is 5.94. The minimum atomic E-state index is -1.01. The summed E-state index contributed by atoms with van der Waals surface area (Å²) in [5.74, 6) is -0.587. The van der Waals surface area contributed by atoms with Gasteiger partial charge in [0, 0.05) is 44.7 Å². The number of piperazine rings is 1. The molecule has 0 aromatic heterocycles. The fourth-order valence-corrected chi connectivity index (χ4v) is 3.10. The lowest BCUT2D eigenvalue weighted by Crippen LogP contribution is -2.57. The van der Waals surface area contributed by atoms with Crippen molar-refractivity contribution in [3.05, 3.63) is 35.4 Å². The van der Waals surface area contributed by atoms with Gasteiger partial charge in [-0.25, -0.2) is 0 Å². The smallest absolute Gasteiger partial charge is 0.253 e. The van der Waals surface area contributed by atoms with Crippen LogP contribution in [-0.4, -0.2) is 64.4 Å². The Morgan fingerprint density at radius 3 is 2.33 bits per heavy atom. The van der Waals surface area contributed by atoms with Crippen LogP contribution in [-0.2, 0) is 16.1 Å². The molecule has 0 bridgehead atoms. The average molecular weight is 375 g/mol. The van der Waals surface area contributed by atoms with E-state index in [2.05, 4.69) is 5.32 Å². The van der Waals surface area contributed by atoms with E-state index < -0.39 is 6.10 Å². The quantitative estimate of drug-likeness (QED) is 0.804. The standard InChI is InChI=1S/C20H29N3O4/c1-13(2)18(25)20(27)23-10-9-22(12-14(23)3)19(26)17-7-5-16(6-8-17)11-21-15(4)24/h5-8,13-14,18,25H,9-12H2,1-4H3,(H,21,24)/t14-,18-/m0/s1. The fourth-order valence-electron chi connectivity index (χ4n) is 3.10. The maximum Gasteiger partial charge on any atom is 0.253 e. The van der Waals surface area contributed by atoms with Crippen LogP contribution in [0.3, 0.4) is 0 Å². The van der Waals surface area contributed by atoms with Crippen LogP contribution >= 0.6 is 0 Å². The molecule has 27 heavy (non-hydrogen) atoms. The Kier molecular flexibility index (Phi) is 6.96. The van der Waals surface area contributed by atoms with Crippen LogP contribution in [0.5, 0.6) is 0 Å². The molecule has 1 heterocycles. The second-order valence-corrected chi connectivity index (χ2v) is 7.43. The Labute approximate surface area is 160 Å². The van der Waals surface area contributed by atoms with Crippen molar-refractivity contribution in [1.82, 2.24) is 15.1 Å². The van der Waals surface area contributed by atoms with E-state index >= 15 is 0 Å². The first-order valence-corrected chi connectivity index (χ1v) is 9.32. The average Bonchev–Trinajstić information content (AvgIpc) is 2.64. The maximum atomic E-state index is 12.7. The molecule has 3 amide bonds. The van der Waals surface area contributed by atoms with Crippen molar-refractivity contribution in [2.75, 3.05) is 19.6 Å². The first-order valence-electron chi connectivity index (χ1n) is 9.32. The highest BCUT2D eigenvalue weighted by atomic mass is 16.3. The molecule has 0 aliphatic carbocycles. The van der Waals surface area contributed by atoms with E-state index in [9.17, 15) is 19.5 Å². The number of benzene rings is 1. The van der Waals surface area contributed by atoms with Crippen LogP contribution in [0.15, 0.2) is 24.3 Å². The van der Waals surface area contributed by atoms with Gasteiger partial charge in [-0.2, -0.15) is 0 Å². The minimum Gasteiger partial charge on any atom is -0.383 e. The Morgan fingerprint density at radius 2 is 1.81 bits per heavy atom. The predicted molar refractivity (Wildman–Crippen MR) is 102 cm³/mol. The molecule has 7 nitrogen and oxygen atoms in total. The molecule has 2 rings (SSSR count). The van der Waals surface area contributed by atoms with Crippen LogP contribution in [0.1, 0.15) is 43.6 Å². The molecular weight excluding hydrogens is 346 g/mol. The number of hydrogen-bond donors (Lipinski definition) is 2. The minimum absolute atomic E-state index is 0.0792. The monoisotopic (exact) mass is 375 g/mol. The van der Waals surface area contributed by atoms with E-state index in [1.807, 2.05) is 32.9 Å². The molecule has 0 radical (unpaired) electrons. The van der Waals surface area contributed by atoms with Gasteiger partial charge in [0.2, 0.25) is 5.91 Å². The second kappa shape index (κ2) is 8.99. The first-order chi connectivity index (χ1) is 12.7. The molecule has 0 saturated carbocycles. The number of hydrogen-bond acceptors (Lipinski definition) is 4. The highest BCUT2D eigenvalue weighted by Gasteiger charge is 2.33. The highest BCUT2D eigenvalue weighted by Crippen LogP contribution is 2.17. The lowest BCUT2D eigenvalue weighted by molar-refractivity contribution is -0.146. The third-order valence-corrected chi connectivity index (χ3v) is 4.82. The van der Waals surface area contributed by atoms with Crippen molar-refractivity contribution in [2.45, 2.75) is 46.4 Å². The van der Waals surface area contributed by atoms with Gasteiger partial charge in [0.15, 0.2) is 0 Å². The van der Waals surface area contributed by atoms with Crippen LogP contribution in [0.25, 0.3) is 0 Å². The molecule has 1 fully saturated rings. The molecule has 0 unspecified atom stereocenters. The van der Waals surface area contributed by atoms with E-state index in [4.69, 9.17) is 0 Å². The maximum absolute atomic E-state index is 12.7. The molecule has 1 aromatic carbocycles. The van der Waals surface area contributed by atoms with Gasteiger partial charge in [-0.1, -0.05) is 26.0 Å². The summed E-state index contributed by atoms with van der Waals surface area (Å²) in [7, 11) is 0. The first kappa shape index (κ1) is 20.9. The van der Waals surface area contributed by atoms with E-state index in [1.54, 1.807) is 21.9 Å². The molecule has 7 heteroatoms. The van der Waals surface area contributed by atoms with E-state index in [0.29, 0.717) is 31.7 Å². The van der Waals surface area contributed by atoms with E-state index in [0.717, 1.165) is 5.56 Å². The molecule has 1 aliphatic heterocycles. The molecule has 2 N–H and O–H groups in total. The number of carbonyl (C=O) groups is 3. The summed E-state index contributed by atoms with van der Waals surface area (Å²) < 4.78 is 0. The second-order valence-electron chi connectivity index (χ2n) is 7.43. The summed E-state index contributed by atoms with van der Waals surface area (Å²) in [6.07, 6.45) is -1.01.